The van der Waals surface area contributed by atoms with Gasteiger partial charge >= 0.3 is 0 Å². The molecule has 1 saturated heterocycles. The zero-order valence-electron chi connectivity index (χ0n) is 14.4. The Balaban J connectivity index is 0.00000144. The molecule has 24 heavy (non-hydrogen) atoms. The molecule has 0 radical (unpaired) electrons. The van der Waals surface area contributed by atoms with Gasteiger partial charge in [0.15, 0.2) is 0 Å². The number of aromatic nitrogens is 2. The molecule has 0 spiro atoms. The zero-order chi connectivity index (χ0) is 15.6. The molecule has 2 N–H and O–H groups in total. The minimum absolute atomic E-state index is 0. The molecule has 138 valence electrons. The van der Waals surface area contributed by atoms with Gasteiger partial charge in [0.1, 0.15) is 5.54 Å². The van der Waals surface area contributed by atoms with Crippen LogP contribution >= 0.6 is 24.8 Å². The van der Waals surface area contributed by atoms with E-state index in [1.165, 1.54) is 12.8 Å². The number of likely N-dealkylation sites (N-methyl/N-ethyl adjacent to an activating group) is 1. The molecule has 2 aliphatic rings. The fraction of sp³-hybridized carbons (Fsp3) is 0.750. The first-order valence-electron chi connectivity index (χ1n) is 8.29. The van der Waals surface area contributed by atoms with Crippen molar-refractivity contribution in [2.24, 2.45) is 5.92 Å². The number of piperidine rings is 1. The van der Waals surface area contributed by atoms with Gasteiger partial charge in [0.05, 0.1) is 0 Å². The highest BCUT2D eigenvalue weighted by atomic mass is 35.5. The quantitative estimate of drug-likeness (QED) is 0.783. The number of halogens is 2. The number of nitrogens with zero attached hydrogens (tertiary/aromatic N) is 3. The molecule has 1 aromatic heterocycles. The van der Waals surface area contributed by atoms with E-state index in [2.05, 4.69) is 34.7 Å². The lowest BCUT2D eigenvalue weighted by Gasteiger charge is -2.37. The normalized spacial score (nSPS) is 20.6. The van der Waals surface area contributed by atoms with Crippen molar-refractivity contribution in [3.63, 3.8) is 0 Å². The first-order chi connectivity index (χ1) is 10.6. The highest BCUT2D eigenvalue weighted by Gasteiger charge is 2.42. The van der Waals surface area contributed by atoms with Gasteiger partial charge in [-0.25, -0.2) is 0 Å². The Morgan fingerprint density at radius 3 is 2.54 bits per heavy atom. The molecule has 2 fully saturated rings. The van der Waals surface area contributed by atoms with Crippen LogP contribution in [-0.2, 0) is 10.3 Å². The van der Waals surface area contributed by atoms with E-state index in [-0.39, 0.29) is 30.7 Å². The second-order valence-electron chi connectivity index (χ2n) is 6.81. The van der Waals surface area contributed by atoms with Gasteiger partial charge in [-0.05, 0) is 64.9 Å². The van der Waals surface area contributed by atoms with Gasteiger partial charge in [0, 0.05) is 25.0 Å². The Bertz CT molecular complexity index is 497. The van der Waals surface area contributed by atoms with E-state index >= 15 is 0 Å². The van der Waals surface area contributed by atoms with Crippen molar-refractivity contribution >= 4 is 30.7 Å². The molecule has 1 atom stereocenters. The van der Waals surface area contributed by atoms with Gasteiger partial charge in [-0.2, -0.15) is 5.10 Å². The molecule has 1 aliphatic heterocycles. The lowest BCUT2D eigenvalue weighted by atomic mass is 9.87. The molecule has 1 aliphatic carbocycles. The smallest absolute Gasteiger partial charge is 0.248 e. The molecule has 2 heterocycles. The van der Waals surface area contributed by atoms with Crippen LogP contribution in [0.3, 0.4) is 0 Å². The molecular formula is C16H29Cl2N5O. The maximum Gasteiger partial charge on any atom is 0.248 e. The number of rotatable bonds is 6. The van der Waals surface area contributed by atoms with Gasteiger partial charge in [-0.3, -0.25) is 9.48 Å². The van der Waals surface area contributed by atoms with E-state index in [0.717, 1.165) is 38.4 Å². The van der Waals surface area contributed by atoms with Gasteiger partial charge in [0.25, 0.3) is 0 Å². The molecule has 1 saturated carbocycles. The van der Waals surface area contributed by atoms with Crippen LogP contribution in [0.5, 0.6) is 0 Å². The van der Waals surface area contributed by atoms with E-state index in [4.69, 9.17) is 0 Å². The summed E-state index contributed by atoms with van der Waals surface area (Å²) < 4.78 is 1.85. The van der Waals surface area contributed by atoms with Crippen LogP contribution in [0, 0.1) is 5.92 Å². The van der Waals surface area contributed by atoms with Crippen LogP contribution in [0.25, 0.3) is 0 Å². The van der Waals surface area contributed by atoms with Gasteiger partial charge in [-0.15, -0.1) is 24.8 Å². The Hall–Kier alpha value is -0.820. The summed E-state index contributed by atoms with van der Waals surface area (Å²) >= 11 is 0. The summed E-state index contributed by atoms with van der Waals surface area (Å²) in [6, 6.07) is 2.34. The fourth-order valence-corrected chi connectivity index (χ4v) is 3.54. The van der Waals surface area contributed by atoms with E-state index in [1.807, 2.05) is 16.9 Å². The van der Waals surface area contributed by atoms with Gasteiger partial charge < -0.3 is 15.5 Å². The summed E-state index contributed by atoms with van der Waals surface area (Å²) in [5.41, 5.74) is -0.533. The van der Waals surface area contributed by atoms with Crippen LogP contribution in [0.2, 0.25) is 0 Å². The molecule has 1 unspecified atom stereocenters. The van der Waals surface area contributed by atoms with Crippen LogP contribution in [0.4, 0.5) is 0 Å². The molecule has 6 nitrogen and oxygen atoms in total. The van der Waals surface area contributed by atoms with E-state index in [1.54, 1.807) is 6.20 Å². The van der Waals surface area contributed by atoms with Crippen molar-refractivity contribution in [1.29, 1.82) is 0 Å². The van der Waals surface area contributed by atoms with Crippen LogP contribution in [-0.4, -0.2) is 60.4 Å². The van der Waals surface area contributed by atoms with Crippen LogP contribution in [0.1, 0.15) is 25.7 Å². The van der Waals surface area contributed by atoms with Crippen LogP contribution in [0.15, 0.2) is 18.5 Å². The summed E-state index contributed by atoms with van der Waals surface area (Å²) in [5.74, 6) is 0.856. The molecule has 0 aromatic carbocycles. The summed E-state index contributed by atoms with van der Waals surface area (Å²) in [6.07, 6.45) is 7.81. The van der Waals surface area contributed by atoms with Gasteiger partial charge in [0.2, 0.25) is 5.91 Å². The average Bonchev–Trinajstić information content (AvgIpc) is 3.19. The summed E-state index contributed by atoms with van der Waals surface area (Å²) in [5, 5.41) is 10.9. The molecule has 8 heteroatoms. The van der Waals surface area contributed by atoms with E-state index < -0.39 is 5.54 Å². The van der Waals surface area contributed by atoms with E-state index in [0.29, 0.717) is 6.04 Å². The van der Waals surface area contributed by atoms with Crippen molar-refractivity contribution in [2.75, 3.05) is 33.7 Å². The predicted octanol–water partition coefficient (Wildman–Crippen LogP) is 1.26. The first kappa shape index (κ1) is 21.2. The second-order valence-corrected chi connectivity index (χ2v) is 6.81. The van der Waals surface area contributed by atoms with Crippen molar-refractivity contribution < 1.29 is 4.79 Å². The number of carbonyl (C=O) groups is 1. The van der Waals surface area contributed by atoms with E-state index in [9.17, 15) is 4.79 Å². The van der Waals surface area contributed by atoms with Crippen molar-refractivity contribution in [3.05, 3.63) is 18.5 Å². The zero-order valence-corrected chi connectivity index (χ0v) is 16.0. The predicted molar refractivity (Wildman–Crippen MR) is 100 cm³/mol. The Morgan fingerprint density at radius 2 is 2.04 bits per heavy atom. The van der Waals surface area contributed by atoms with Crippen molar-refractivity contribution in [3.8, 4) is 0 Å². The topological polar surface area (TPSA) is 62.2 Å². The van der Waals surface area contributed by atoms with Crippen LogP contribution < -0.4 is 10.6 Å². The third-order valence-corrected chi connectivity index (χ3v) is 5.10. The monoisotopic (exact) mass is 377 g/mol. The minimum Gasteiger partial charge on any atom is -0.352 e. The minimum atomic E-state index is -0.533. The fourth-order valence-electron chi connectivity index (χ4n) is 3.54. The maximum absolute atomic E-state index is 13.0. The highest BCUT2D eigenvalue weighted by molar-refractivity contribution is 5.85. The number of hydrogen-bond acceptors (Lipinski definition) is 4. The third-order valence-electron chi connectivity index (χ3n) is 5.10. The lowest BCUT2D eigenvalue weighted by Crippen LogP contribution is -2.56. The molecule has 1 aromatic rings. The highest BCUT2D eigenvalue weighted by Crippen LogP contribution is 2.34. The first-order valence-corrected chi connectivity index (χ1v) is 8.29. The third kappa shape index (κ3) is 4.42. The number of carbonyl (C=O) groups excluding carboxylic acids is 1. The SMILES string of the molecule is CN(C)C(CNC(=O)C1(n2cccn2)CCNCC1)C1CC1.Cl.Cl. The molecular weight excluding hydrogens is 349 g/mol. The van der Waals surface area contributed by atoms with Crippen molar-refractivity contribution in [2.45, 2.75) is 37.3 Å². The molecule has 3 rings (SSSR count). The largest absolute Gasteiger partial charge is 0.352 e. The Morgan fingerprint density at radius 1 is 1.38 bits per heavy atom. The number of hydrogen-bond donors (Lipinski definition) is 2. The summed E-state index contributed by atoms with van der Waals surface area (Å²) in [7, 11) is 4.20. The molecule has 1 amide bonds. The standard InChI is InChI=1S/C16H27N5O.2ClH/c1-20(2)14(13-4-5-13)12-18-15(22)16(6-9-17-10-7-16)21-11-3-8-19-21;;/h3,8,11,13-14,17H,4-7,9-10,12H2,1-2H3,(H,18,22);2*1H. The maximum atomic E-state index is 13.0. The number of amides is 1. The van der Waals surface area contributed by atoms with Crippen molar-refractivity contribution in [1.82, 2.24) is 25.3 Å². The lowest BCUT2D eigenvalue weighted by molar-refractivity contribution is -0.132. The Kier molecular flexibility index (Phi) is 7.99. The van der Waals surface area contributed by atoms with Gasteiger partial charge in [-0.1, -0.05) is 0 Å². The Labute approximate surface area is 156 Å². The summed E-state index contributed by atoms with van der Waals surface area (Å²) in [6.45, 7) is 2.44. The summed E-state index contributed by atoms with van der Waals surface area (Å²) in [4.78, 5) is 15.2. The second kappa shape index (κ2) is 9.04. The molecule has 0 bridgehead atoms. The number of nitrogens with one attached hydrogen (secondary N) is 2. The average molecular weight is 378 g/mol.